The summed E-state index contributed by atoms with van der Waals surface area (Å²) in [5.41, 5.74) is 5.93. The van der Waals surface area contributed by atoms with Crippen molar-refractivity contribution >= 4 is 17.2 Å². The molecule has 0 radical (unpaired) electrons. The predicted molar refractivity (Wildman–Crippen MR) is 91.8 cm³/mol. The molecule has 0 atom stereocenters. The number of pyridine rings is 1. The van der Waals surface area contributed by atoms with Crippen molar-refractivity contribution in [3.05, 3.63) is 53.3 Å². The monoisotopic (exact) mass is 316 g/mol. The number of nitriles is 1. The molecule has 118 valence electrons. The van der Waals surface area contributed by atoms with Gasteiger partial charge in [0.25, 0.3) is 0 Å². The minimum absolute atomic E-state index is 0.0391. The first-order chi connectivity index (χ1) is 11.6. The van der Waals surface area contributed by atoms with Crippen molar-refractivity contribution in [1.82, 2.24) is 9.38 Å². The number of fused-ring (bicyclic) bond motifs is 2. The van der Waals surface area contributed by atoms with E-state index in [0.717, 1.165) is 34.4 Å². The summed E-state index contributed by atoms with van der Waals surface area (Å²) in [7, 11) is 0. The van der Waals surface area contributed by atoms with Gasteiger partial charge in [-0.1, -0.05) is 18.2 Å². The van der Waals surface area contributed by atoms with Gasteiger partial charge in [-0.2, -0.15) is 5.26 Å². The SMILES string of the molecule is CC(=O)N1CCc2ccc(-c3nc4c(C)cccn4c3C#N)cc21. The highest BCUT2D eigenvalue weighted by Crippen LogP contribution is 2.34. The Morgan fingerprint density at radius 3 is 2.92 bits per heavy atom. The van der Waals surface area contributed by atoms with E-state index < -0.39 is 0 Å². The molecule has 4 rings (SSSR count). The van der Waals surface area contributed by atoms with Crippen molar-refractivity contribution in [2.24, 2.45) is 0 Å². The van der Waals surface area contributed by atoms with Crippen LogP contribution in [0.3, 0.4) is 0 Å². The highest BCUT2D eigenvalue weighted by Gasteiger charge is 2.24. The van der Waals surface area contributed by atoms with Gasteiger partial charge in [-0.15, -0.1) is 0 Å². The third kappa shape index (κ3) is 2.00. The van der Waals surface area contributed by atoms with Crippen LogP contribution in [0.5, 0.6) is 0 Å². The van der Waals surface area contributed by atoms with Crippen LogP contribution in [-0.4, -0.2) is 21.8 Å². The second-order valence-electron chi connectivity index (χ2n) is 6.07. The Morgan fingerprint density at radius 2 is 2.17 bits per heavy atom. The van der Waals surface area contributed by atoms with Gasteiger partial charge in [0.05, 0.1) is 0 Å². The third-order valence-corrected chi connectivity index (χ3v) is 4.59. The predicted octanol–water partition coefficient (Wildman–Crippen LogP) is 3.09. The Bertz CT molecular complexity index is 1030. The topological polar surface area (TPSA) is 61.4 Å². The highest BCUT2D eigenvalue weighted by molar-refractivity contribution is 5.94. The number of benzene rings is 1. The van der Waals surface area contributed by atoms with Crippen LogP contribution < -0.4 is 4.90 Å². The standard InChI is InChI=1S/C19H16N4O/c1-12-4-3-8-23-17(11-20)18(21-19(12)23)15-6-5-14-7-9-22(13(2)24)16(14)10-15/h3-6,8,10H,7,9H2,1-2H3. The fourth-order valence-corrected chi connectivity index (χ4v) is 3.37. The summed E-state index contributed by atoms with van der Waals surface area (Å²) in [5.74, 6) is 0.0391. The summed E-state index contributed by atoms with van der Waals surface area (Å²) in [5, 5.41) is 9.62. The molecule has 5 heteroatoms. The molecule has 0 unspecified atom stereocenters. The first kappa shape index (κ1) is 14.5. The van der Waals surface area contributed by atoms with Crippen molar-refractivity contribution in [3.63, 3.8) is 0 Å². The van der Waals surface area contributed by atoms with Gasteiger partial charge in [-0.25, -0.2) is 4.98 Å². The van der Waals surface area contributed by atoms with Gasteiger partial charge in [-0.05, 0) is 36.6 Å². The second kappa shape index (κ2) is 5.20. The van der Waals surface area contributed by atoms with Gasteiger partial charge in [0.2, 0.25) is 5.91 Å². The minimum Gasteiger partial charge on any atom is -0.312 e. The molecule has 1 aliphatic rings. The van der Waals surface area contributed by atoms with E-state index in [-0.39, 0.29) is 5.91 Å². The van der Waals surface area contributed by atoms with Crippen molar-refractivity contribution in [1.29, 1.82) is 5.26 Å². The van der Waals surface area contributed by atoms with Crippen LogP contribution >= 0.6 is 0 Å². The lowest BCUT2D eigenvalue weighted by Gasteiger charge is -2.15. The lowest BCUT2D eigenvalue weighted by Crippen LogP contribution is -2.25. The molecule has 0 saturated carbocycles. The van der Waals surface area contributed by atoms with E-state index in [0.29, 0.717) is 17.9 Å². The molecule has 1 aliphatic heterocycles. The van der Waals surface area contributed by atoms with Crippen molar-refractivity contribution in [2.45, 2.75) is 20.3 Å². The number of hydrogen-bond acceptors (Lipinski definition) is 3. The maximum absolute atomic E-state index is 11.8. The summed E-state index contributed by atoms with van der Waals surface area (Å²) in [4.78, 5) is 18.3. The molecular weight excluding hydrogens is 300 g/mol. The summed E-state index contributed by atoms with van der Waals surface area (Å²) in [6.07, 6.45) is 2.72. The minimum atomic E-state index is 0.0391. The van der Waals surface area contributed by atoms with E-state index in [1.807, 2.05) is 47.9 Å². The number of aromatic nitrogens is 2. The average Bonchev–Trinajstić information content (AvgIpc) is 3.16. The number of carbonyl (C=O) groups is 1. The molecule has 0 spiro atoms. The van der Waals surface area contributed by atoms with E-state index in [2.05, 4.69) is 11.1 Å². The molecule has 3 heterocycles. The zero-order chi connectivity index (χ0) is 16.8. The Hall–Kier alpha value is -3.13. The second-order valence-corrected chi connectivity index (χ2v) is 6.07. The maximum Gasteiger partial charge on any atom is 0.223 e. The van der Waals surface area contributed by atoms with Crippen molar-refractivity contribution in [2.75, 3.05) is 11.4 Å². The van der Waals surface area contributed by atoms with E-state index in [4.69, 9.17) is 0 Å². The molecular formula is C19H16N4O. The van der Waals surface area contributed by atoms with Crippen molar-refractivity contribution < 1.29 is 4.79 Å². The number of rotatable bonds is 1. The molecule has 0 aliphatic carbocycles. The van der Waals surface area contributed by atoms with Crippen LogP contribution in [0.25, 0.3) is 16.9 Å². The van der Waals surface area contributed by atoms with Crippen LogP contribution in [0.2, 0.25) is 0 Å². The quantitative estimate of drug-likeness (QED) is 0.693. The average molecular weight is 316 g/mol. The van der Waals surface area contributed by atoms with E-state index >= 15 is 0 Å². The normalized spacial score (nSPS) is 13.1. The molecule has 1 aromatic carbocycles. The number of imidazole rings is 1. The highest BCUT2D eigenvalue weighted by atomic mass is 16.2. The third-order valence-electron chi connectivity index (χ3n) is 4.59. The summed E-state index contributed by atoms with van der Waals surface area (Å²) in [6.45, 7) is 4.27. The van der Waals surface area contributed by atoms with Crippen LogP contribution in [0.4, 0.5) is 5.69 Å². The Balaban J connectivity index is 1.94. The first-order valence-electron chi connectivity index (χ1n) is 7.89. The lowest BCUT2D eigenvalue weighted by atomic mass is 10.1. The van der Waals surface area contributed by atoms with E-state index in [1.165, 1.54) is 0 Å². The summed E-state index contributed by atoms with van der Waals surface area (Å²) in [6, 6.07) is 12.2. The lowest BCUT2D eigenvalue weighted by molar-refractivity contribution is -0.116. The maximum atomic E-state index is 11.8. The Morgan fingerprint density at radius 1 is 1.33 bits per heavy atom. The molecule has 24 heavy (non-hydrogen) atoms. The van der Waals surface area contributed by atoms with E-state index in [9.17, 15) is 10.1 Å². The van der Waals surface area contributed by atoms with Gasteiger partial charge in [-0.3, -0.25) is 9.20 Å². The first-order valence-corrected chi connectivity index (χ1v) is 7.89. The van der Waals surface area contributed by atoms with Crippen LogP contribution in [0.15, 0.2) is 36.5 Å². The molecule has 0 fully saturated rings. The van der Waals surface area contributed by atoms with Gasteiger partial charge in [0.1, 0.15) is 17.4 Å². The Kier molecular flexibility index (Phi) is 3.14. The van der Waals surface area contributed by atoms with Crippen LogP contribution in [0, 0.1) is 18.3 Å². The summed E-state index contributed by atoms with van der Waals surface area (Å²) < 4.78 is 1.82. The van der Waals surface area contributed by atoms with Crippen LogP contribution in [-0.2, 0) is 11.2 Å². The van der Waals surface area contributed by atoms with Crippen LogP contribution in [0.1, 0.15) is 23.7 Å². The molecule has 0 saturated heterocycles. The van der Waals surface area contributed by atoms with Gasteiger partial charge >= 0.3 is 0 Å². The molecule has 0 bridgehead atoms. The fraction of sp³-hybridized carbons (Fsp3) is 0.211. The Labute approximate surface area is 139 Å². The number of nitrogens with zero attached hydrogens (tertiary/aromatic N) is 4. The zero-order valence-electron chi connectivity index (χ0n) is 13.6. The zero-order valence-corrected chi connectivity index (χ0v) is 13.6. The van der Waals surface area contributed by atoms with Gasteiger partial charge in [0.15, 0.2) is 5.69 Å². The number of carbonyl (C=O) groups excluding carboxylic acids is 1. The number of aryl methyl sites for hydroxylation is 1. The molecule has 3 aromatic rings. The largest absolute Gasteiger partial charge is 0.312 e. The van der Waals surface area contributed by atoms with Crippen molar-refractivity contribution in [3.8, 4) is 17.3 Å². The number of anilines is 1. The van der Waals surface area contributed by atoms with E-state index in [1.54, 1.807) is 11.8 Å². The molecule has 5 nitrogen and oxygen atoms in total. The fourth-order valence-electron chi connectivity index (χ4n) is 3.37. The smallest absolute Gasteiger partial charge is 0.223 e. The molecule has 2 aromatic heterocycles. The summed E-state index contributed by atoms with van der Waals surface area (Å²) >= 11 is 0. The molecule has 0 N–H and O–H groups in total. The number of amides is 1. The van der Waals surface area contributed by atoms with Gasteiger partial charge in [0, 0.05) is 30.9 Å². The number of hydrogen-bond donors (Lipinski definition) is 0. The molecule has 1 amide bonds. The van der Waals surface area contributed by atoms with Gasteiger partial charge < -0.3 is 4.90 Å².